The van der Waals surface area contributed by atoms with Crippen LogP contribution in [0, 0.1) is 6.92 Å². The average molecular weight is 371 g/mol. The number of rotatable bonds is 4. The van der Waals surface area contributed by atoms with E-state index >= 15 is 0 Å². The van der Waals surface area contributed by atoms with Gasteiger partial charge in [0.1, 0.15) is 0 Å². The van der Waals surface area contributed by atoms with E-state index in [-0.39, 0.29) is 6.61 Å². The molecule has 1 heterocycles. The van der Waals surface area contributed by atoms with E-state index in [0.717, 1.165) is 10.9 Å². The number of benzene rings is 4. The first-order valence-electron chi connectivity index (χ1n) is 9.66. The summed E-state index contributed by atoms with van der Waals surface area (Å²) in [6, 6.07) is 16.8. The van der Waals surface area contributed by atoms with Crippen molar-refractivity contribution in [1.29, 1.82) is 0 Å². The van der Waals surface area contributed by atoms with Crippen LogP contribution in [0.1, 0.15) is 11.1 Å². The van der Waals surface area contributed by atoms with Gasteiger partial charge in [0, 0.05) is 0 Å². The normalized spacial score (nSPS) is 25.4. The van der Waals surface area contributed by atoms with Gasteiger partial charge in [-0.1, -0.05) is 48.5 Å². The molecule has 4 aromatic rings. The lowest BCUT2D eigenvalue weighted by Gasteiger charge is -2.21. The molecule has 1 aliphatic rings. The molecule has 0 spiro atoms. The molecule has 5 rings (SSSR count). The zero-order valence-corrected chi connectivity index (χ0v) is 15.7. The Bertz CT molecular complexity index is 1160. The highest BCUT2D eigenvalue weighted by Gasteiger charge is 2.39. The van der Waals surface area contributed by atoms with E-state index in [1.807, 2.05) is 0 Å². The molecule has 1 saturated heterocycles. The van der Waals surface area contributed by atoms with Crippen LogP contribution < -0.4 is 5.32 Å². The smallest absolute Gasteiger partial charge is 0.0984 e. The molecular weight excluding hydrogens is 349 g/mol. The SMILES string of the molecule is [B]C1NC(CO)C(O)C1OCc1ccc2ccc3ccc(C)c4ccc1c2c34. The summed E-state index contributed by atoms with van der Waals surface area (Å²) in [5.74, 6) is -0.505. The van der Waals surface area contributed by atoms with E-state index in [9.17, 15) is 10.2 Å². The van der Waals surface area contributed by atoms with Gasteiger partial charge in [-0.3, -0.25) is 0 Å². The third-order valence-corrected chi connectivity index (χ3v) is 6.11. The van der Waals surface area contributed by atoms with Crippen LogP contribution in [0.15, 0.2) is 48.5 Å². The molecule has 0 saturated carbocycles. The number of nitrogens with one attached hydrogen (secondary N) is 1. The largest absolute Gasteiger partial charge is 0.395 e. The summed E-state index contributed by atoms with van der Waals surface area (Å²) in [5, 5.41) is 30.1. The molecule has 4 nitrogen and oxygen atoms in total. The standard InChI is InChI=1S/C23H22BNO3/c1-12-2-3-13-4-5-14-6-7-15(17-9-8-16(12)19(13)20(14)17)11-28-22-21(27)18(10-26)25-23(22)24/h2-9,18,21-23,25-27H,10-11H2,1H3. The first-order chi connectivity index (χ1) is 13.6. The van der Waals surface area contributed by atoms with Gasteiger partial charge in [-0.25, -0.2) is 0 Å². The molecule has 1 fully saturated rings. The van der Waals surface area contributed by atoms with Crippen molar-refractivity contribution in [3.63, 3.8) is 0 Å². The van der Waals surface area contributed by atoms with Crippen LogP contribution in [0.5, 0.6) is 0 Å². The summed E-state index contributed by atoms with van der Waals surface area (Å²) in [7, 11) is 6.04. The Morgan fingerprint density at radius 3 is 2.32 bits per heavy atom. The molecule has 140 valence electrons. The summed E-state index contributed by atoms with van der Waals surface area (Å²) in [5.41, 5.74) is 2.33. The lowest BCUT2D eigenvalue weighted by atomic mass is 9.90. The first kappa shape index (κ1) is 17.9. The molecule has 4 atom stereocenters. The Hall–Kier alpha value is -2.18. The quantitative estimate of drug-likeness (QED) is 0.381. The molecular formula is C23H22BNO3. The Kier molecular flexibility index (Phi) is 4.29. The molecule has 4 aromatic carbocycles. The Balaban J connectivity index is 1.56. The second-order valence-electron chi connectivity index (χ2n) is 7.78. The maximum atomic E-state index is 10.3. The van der Waals surface area contributed by atoms with Crippen LogP contribution in [0.2, 0.25) is 0 Å². The van der Waals surface area contributed by atoms with Gasteiger partial charge in [0.25, 0.3) is 0 Å². The topological polar surface area (TPSA) is 61.7 Å². The highest BCUT2D eigenvalue weighted by atomic mass is 16.5. The number of hydrogen-bond donors (Lipinski definition) is 3. The minimum Gasteiger partial charge on any atom is -0.395 e. The fraction of sp³-hybridized carbons (Fsp3) is 0.304. The minimum absolute atomic E-state index is 0.174. The number of aryl methyl sites for hydroxylation is 1. The highest BCUT2D eigenvalue weighted by molar-refractivity contribution is 6.24. The summed E-state index contributed by atoms with van der Waals surface area (Å²) >= 11 is 0. The number of aliphatic hydroxyl groups is 2. The van der Waals surface area contributed by atoms with E-state index in [4.69, 9.17) is 12.6 Å². The monoisotopic (exact) mass is 371 g/mol. The fourth-order valence-electron chi connectivity index (χ4n) is 4.56. The van der Waals surface area contributed by atoms with Gasteiger partial charge in [-0.15, -0.1) is 0 Å². The van der Waals surface area contributed by atoms with Gasteiger partial charge < -0.3 is 20.3 Å². The molecule has 4 unspecified atom stereocenters. The molecule has 2 radical (unpaired) electrons. The fourth-order valence-corrected chi connectivity index (χ4v) is 4.56. The molecule has 0 aromatic heterocycles. The second-order valence-corrected chi connectivity index (χ2v) is 7.78. The molecule has 1 aliphatic heterocycles. The maximum Gasteiger partial charge on any atom is 0.0984 e. The molecule has 0 bridgehead atoms. The van der Waals surface area contributed by atoms with Gasteiger partial charge in [0.15, 0.2) is 0 Å². The summed E-state index contributed by atoms with van der Waals surface area (Å²) in [6.45, 7) is 2.32. The molecule has 28 heavy (non-hydrogen) atoms. The van der Waals surface area contributed by atoms with Crippen molar-refractivity contribution in [2.45, 2.75) is 37.7 Å². The lowest BCUT2D eigenvalue weighted by molar-refractivity contribution is -0.0341. The molecule has 0 aliphatic carbocycles. The third kappa shape index (κ3) is 2.62. The van der Waals surface area contributed by atoms with Gasteiger partial charge in [-0.05, 0) is 56.3 Å². The third-order valence-electron chi connectivity index (χ3n) is 6.11. The lowest BCUT2D eigenvalue weighted by Crippen LogP contribution is -2.36. The van der Waals surface area contributed by atoms with Crippen molar-refractivity contribution >= 4 is 40.2 Å². The van der Waals surface area contributed by atoms with E-state index in [1.165, 1.54) is 32.5 Å². The average Bonchev–Trinajstić information content (AvgIpc) is 2.99. The first-order valence-corrected chi connectivity index (χ1v) is 9.66. The van der Waals surface area contributed by atoms with E-state index < -0.39 is 24.2 Å². The summed E-state index contributed by atoms with van der Waals surface area (Å²) in [4.78, 5) is 0. The zero-order chi connectivity index (χ0) is 19.4. The van der Waals surface area contributed by atoms with Crippen molar-refractivity contribution in [3.05, 3.63) is 59.7 Å². The van der Waals surface area contributed by atoms with Gasteiger partial charge in [0.05, 0.1) is 39.3 Å². The predicted octanol–water partition coefficient (Wildman–Crippen LogP) is 2.60. The van der Waals surface area contributed by atoms with Crippen molar-refractivity contribution in [3.8, 4) is 0 Å². The summed E-state index contributed by atoms with van der Waals surface area (Å²) < 4.78 is 6.01. The van der Waals surface area contributed by atoms with Crippen molar-refractivity contribution in [1.82, 2.24) is 5.32 Å². The van der Waals surface area contributed by atoms with Crippen molar-refractivity contribution in [2.75, 3.05) is 6.61 Å². The second kappa shape index (κ2) is 6.71. The van der Waals surface area contributed by atoms with Crippen LogP contribution in [0.25, 0.3) is 32.3 Å². The Morgan fingerprint density at radius 1 is 0.964 bits per heavy atom. The Morgan fingerprint density at radius 2 is 1.61 bits per heavy atom. The van der Waals surface area contributed by atoms with Gasteiger partial charge in [-0.2, -0.15) is 0 Å². The number of hydrogen-bond acceptors (Lipinski definition) is 4. The minimum atomic E-state index is -0.831. The van der Waals surface area contributed by atoms with E-state index in [0.29, 0.717) is 6.61 Å². The number of aliphatic hydroxyl groups excluding tert-OH is 2. The molecule has 0 amide bonds. The van der Waals surface area contributed by atoms with Crippen molar-refractivity contribution < 1.29 is 14.9 Å². The maximum absolute atomic E-state index is 10.3. The zero-order valence-electron chi connectivity index (χ0n) is 15.7. The number of ether oxygens (including phenoxy) is 1. The van der Waals surface area contributed by atoms with Crippen LogP contribution >= 0.6 is 0 Å². The Labute approximate surface area is 164 Å². The van der Waals surface area contributed by atoms with E-state index in [1.54, 1.807) is 0 Å². The van der Waals surface area contributed by atoms with Crippen LogP contribution in [-0.2, 0) is 11.3 Å². The highest BCUT2D eigenvalue weighted by Crippen LogP contribution is 2.37. The van der Waals surface area contributed by atoms with E-state index in [2.05, 4.69) is 60.8 Å². The molecule has 5 heteroatoms. The van der Waals surface area contributed by atoms with Crippen LogP contribution in [0.4, 0.5) is 0 Å². The van der Waals surface area contributed by atoms with Crippen LogP contribution in [-0.4, -0.2) is 48.9 Å². The van der Waals surface area contributed by atoms with Gasteiger partial charge in [0.2, 0.25) is 0 Å². The van der Waals surface area contributed by atoms with Crippen molar-refractivity contribution in [2.24, 2.45) is 0 Å². The predicted molar refractivity (Wildman–Crippen MR) is 113 cm³/mol. The molecule has 3 N–H and O–H groups in total. The summed E-state index contributed by atoms with van der Waals surface area (Å²) in [6.07, 6.45) is -1.39. The van der Waals surface area contributed by atoms with Crippen LogP contribution in [0.3, 0.4) is 0 Å². The van der Waals surface area contributed by atoms with Gasteiger partial charge >= 0.3 is 0 Å².